The Morgan fingerprint density at radius 3 is 2.53 bits per heavy atom. The van der Waals surface area contributed by atoms with E-state index in [1.807, 2.05) is 0 Å². The number of alkyl halides is 2. The van der Waals surface area contributed by atoms with Crippen molar-refractivity contribution in [3.63, 3.8) is 0 Å². The molecule has 0 unspecified atom stereocenters. The van der Waals surface area contributed by atoms with Gasteiger partial charge in [0.2, 0.25) is 0 Å². The lowest BCUT2D eigenvalue weighted by atomic mass is 9.96. The number of nitro groups is 1. The van der Waals surface area contributed by atoms with Crippen molar-refractivity contribution >= 4 is 17.5 Å². The SMILES string of the molecule is O=C1NC(=O)C(F)(F)c2ccc([N+](=O)[O-])cc21. The molecule has 0 atom stereocenters. The first-order valence-electron chi connectivity index (χ1n) is 4.36. The number of nitro benzene ring substituents is 1. The Morgan fingerprint density at radius 1 is 1.29 bits per heavy atom. The maximum Gasteiger partial charge on any atom is 0.350 e. The number of nitrogens with zero attached hydrogens (tertiary/aromatic N) is 1. The van der Waals surface area contributed by atoms with Crippen molar-refractivity contribution in [3.8, 4) is 0 Å². The number of non-ortho nitro benzene ring substituents is 1. The molecule has 8 heteroatoms. The van der Waals surface area contributed by atoms with E-state index in [9.17, 15) is 28.5 Å². The first-order valence-corrected chi connectivity index (χ1v) is 4.36. The van der Waals surface area contributed by atoms with Crippen LogP contribution < -0.4 is 5.32 Å². The van der Waals surface area contributed by atoms with Gasteiger partial charge >= 0.3 is 11.8 Å². The molecule has 1 aromatic rings. The van der Waals surface area contributed by atoms with Gasteiger partial charge in [0.1, 0.15) is 0 Å². The van der Waals surface area contributed by atoms with Crippen molar-refractivity contribution in [2.45, 2.75) is 5.92 Å². The predicted octanol–water partition coefficient (Wildman–Crippen LogP) is 0.957. The summed E-state index contributed by atoms with van der Waals surface area (Å²) in [5.41, 5.74) is -1.88. The summed E-state index contributed by atoms with van der Waals surface area (Å²) in [6, 6.07) is 2.24. The van der Waals surface area contributed by atoms with Crippen molar-refractivity contribution in [1.29, 1.82) is 0 Å². The highest BCUT2D eigenvalue weighted by molar-refractivity contribution is 6.12. The Morgan fingerprint density at radius 2 is 1.94 bits per heavy atom. The van der Waals surface area contributed by atoms with Gasteiger partial charge in [0, 0.05) is 17.7 Å². The zero-order valence-electron chi connectivity index (χ0n) is 8.07. The Labute approximate surface area is 92.4 Å². The predicted molar refractivity (Wildman–Crippen MR) is 49.5 cm³/mol. The maximum absolute atomic E-state index is 13.4. The summed E-state index contributed by atoms with van der Waals surface area (Å²) in [6.07, 6.45) is 0. The van der Waals surface area contributed by atoms with Gasteiger partial charge in [-0.25, -0.2) is 0 Å². The number of benzene rings is 1. The van der Waals surface area contributed by atoms with Crippen LogP contribution in [-0.4, -0.2) is 16.7 Å². The third-order valence-electron chi connectivity index (χ3n) is 2.31. The summed E-state index contributed by atoms with van der Waals surface area (Å²) < 4.78 is 26.7. The largest absolute Gasteiger partial charge is 0.350 e. The number of carbonyl (C=O) groups is 2. The van der Waals surface area contributed by atoms with Crippen molar-refractivity contribution < 1.29 is 23.3 Å². The second kappa shape index (κ2) is 3.30. The molecule has 0 aliphatic carbocycles. The fourth-order valence-corrected chi connectivity index (χ4v) is 1.48. The lowest BCUT2D eigenvalue weighted by molar-refractivity contribution is -0.384. The van der Waals surface area contributed by atoms with Gasteiger partial charge in [0.25, 0.3) is 11.6 Å². The van der Waals surface area contributed by atoms with Crippen LogP contribution >= 0.6 is 0 Å². The van der Waals surface area contributed by atoms with Gasteiger partial charge in [-0.15, -0.1) is 0 Å². The Hall–Kier alpha value is -2.38. The Balaban J connectivity index is 2.66. The van der Waals surface area contributed by atoms with E-state index >= 15 is 0 Å². The summed E-state index contributed by atoms with van der Waals surface area (Å²) in [4.78, 5) is 31.8. The average Bonchev–Trinajstić information content (AvgIpc) is 2.26. The molecule has 0 spiro atoms. The molecule has 0 bridgehead atoms. The molecule has 88 valence electrons. The maximum atomic E-state index is 13.4. The smallest absolute Gasteiger partial charge is 0.287 e. The third kappa shape index (κ3) is 1.53. The molecule has 0 aromatic heterocycles. The van der Waals surface area contributed by atoms with Crippen LogP contribution in [0.1, 0.15) is 15.9 Å². The van der Waals surface area contributed by atoms with Gasteiger partial charge in [-0.05, 0) is 6.07 Å². The van der Waals surface area contributed by atoms with Gasteiger partial charge in [-0.1, -0.05) is 0 Å². The van der Waals surface area contributed by atoms with Gasteiger partial charge in [-0.3, -0.25) is 25.0 Å². The Kier molecular flexibility index (Phi) is 2.16. The molecule has 2 rings (SSSR count). The van der Waals surface area contributed by atoms with Gasteiger partial charge in [-0.2, -0.15) is 8.78 Å². The van der Waals surface area contributed by atoms with Crippen LogP contribution in [0.3, 0.4) is 0 Å². The van der Waals surface area contributed by atoms with Crippen LogP contribution in [0.15, 0.2) is 18.2 Å². The second-order valence-corrected chi connectivity index (χ2v) is 3.34. The third-order valence-corrected chi connectivity index (χ3v) is 2.31. The number of hydrogen-bond donors (Lipinski definition) is 1. The fraction of sp³-hybridized carbons (Fsp3) is 0.111. The van der Waals surface area contributed by atoms with Crippen molar-refractivity contribution in [1.82, 2.24) is 5.32 Å². The van der Waals surface area contributed by atoms with Crippen LogP contribution in [-0.2, 0) is 10.7 Å². The number of carbonyl (C=O) groups excluding carboxylic acids is 2. The van der Waals surface area contributed by atoms with Gasteiger partial charge in [0.05, 0.1) is 10.5 Å². The summed E-state index contributed by atoms with van der Waals surface area (Å²) in [7, 11) is 0. The number of nitrogens with one attached hydrogen (secondary N) is 1. The standard InChI is InChI=1S/C9H4F2N2O4/c10-9(11)6-2-1-4(13(16)17)3-5(6)7(14)12-8(9)15/h1-3H,(H,12,14,15). The van der Waals surface area contributed by atoms with Crippen LogP contribution in [0.2, 0.25) is 0 Å². The van der Waals surface area contributed by atoms with E-state index in [-0.39, 0.29) is 0 Å². The van der Waals surface area contributed by atoms with E-state index in [4.69, 9.17) is 0 Å². The number of halogens is 2. The monoisotopic (exact) mass is 242 g/mol. The van der Waals surface area contributed by atoms with Crippen molar-refractivity contribution in [3.05, 3.63) is 39.4 Å². The van der Waals surface area contributed by atoms with E-state index in [1.165, 1.54) is 5.32 Å². The number of hydrogen-bond acceptors (Lipinski definition) is 4. The van der Waals surface area contributed by atoms with Gasteiger partial charge < -0.3 is 0 Å². The zero-order chi connectivity index (χ0) is 12.8. The van der Waals surface area contributed by atoms with Crippen LogP contribution in [0.4, 0.5) is 14.5 Å². The van der Waals surface area contributed by atoms with E-state index < -0.39 is 39.5 Å². The molecular weight excluding hydrogens is 238 g/mol. The topological polar surface area (TPSA) is 89.3 Å². The minimum atomic E-state index is -3.86. The average molecular weight is 242 g/mol. The Bertz CT molecular complexity index is 556. The van der Waals surface area contributed by atoms with E-state index in [2.05, 4.69) is 0 Å². The highest BCUT2D eigenvalue weighted by Crippen LogP contribution is 2.35. The molecule has 6 nitrogen and oxygen atoms in total. The van der Waals surface area contributed by atoms with Crippen LogP contribution in [0, 0.1) is 10.1 Å². The summed E-state index contributed by atoms with van der Waals surface area (Å²) in [5, 5.41) is 11.9. The molecule has 1 heterocycles. The molecule has 1 aliphatic heterocycles. The number of amides is 2. The second-order valence-electron chi connectivity index (χ2n) is 3.34. The van der Waals surface area contributed by atoms with Crippen molar-refractivity contribution in [2.24, 2.45) is 0 Å². The molecule has 1 N–H and O–H groups in total. The quantitative estimate of drug-likeness (QED) is 0.451. The first-order chi connectivity index (χ1) is 7.84. The normalized spacial score (nSPS) is 17.3. The lowest BCUT2D eigenvalue weighted by Gasteiger charge is -2.23. The van der Waals surface area contributed by atoms with Crippen LogP contribution in [0.25, 0.3) is 0 Å². The highest BCUT2D eigenvalue weighted by atomic mass is 19.3. The molecular formula is C9H4F2N2O4. The molecule has 2 amide bonds. The summed E-state index contributed by atoms with van der Waals surface area (Å²) >= 11 is 0. The molecule has 0 saturated heterocycles. The van der Waals surface area contributed by atoms with Crippen molar-refractivity contribution in [2.75, 3.05) is 0 Å². The molecule has 0 fully saturated rings. The molecule has 17 heavy (non-hydrogen) atoms. The summed E-state index contributed by atoms with van der Waals surface area (Å²) in [5.74, 6) is -6.67. The lowest BCUT2D eigenvalue weighted by Crippen LogP contribution is -2.47. The number of imide groups is 1. The number of fused-ring (bicyclic) bond motifs is 1. The molecule has 1 aliphatic rings. The zero-order valence-corrected chi connectivity index (χ0v) is 8.07. The van der Waals surface area contributed by atoms with Crippen LogP contribution in [0.5, 0.6) is 0 Å². The van der Waals surface area contributed by atoms with E-state index in [0.717, 1.165) is 6.07 Å². The van der Waals surface area contributed by atoms with Gasteiger partial charge in [0.15, 0.2) is 0 Å². The minimum absolute atomic E-state index is 0.496. The van der Waals surface area contributed by atoms with E-state index in [0.29, 0.717) is 12.1 Å². The minimum Gasteiger partial charge on any atom is -0.287 e. The number of rotatable bonds is 1. The fourth-order valence-electron chi connectivity index (χ4n) is 1.48. The molecule has 1 aromatic carbocycles. The molecule has 0 saturated carbocycles. The first kappa shape index (κ1) is 11.1. The summed E-state index contributed by atoms with van der Waals surface area (Å²) in [6.45, 7) is 0. The highest BCUT2D eigenvalue weighted by Gasteiger charge is 2.48. The van der Waals surface area contributed by atoms with E-state index in [1.54, 1.807) is 0 Å². The molecule has 0 radical (unpaired) electrons.